The fraction of sp³-hybridized carbons (Fsp3) is 0.381. The summed E-state index contributed by atoms with van der Waals surface area (Å²) in [6, 6.07) is 20.6. The van der Waals surface area contributed by atoms with Crippen LogP contribution >= 0.6 is 0 Å². The standard InChI is InChI=1S/C21H26N2O/c1-2-21(17-9-5-3-6-10-17,18-11-7-4-8-12-18)20(24)23-19-13-15-22-16-14-19/h3-12,19,22H,2,13-16H2,1H3,(H,23,24). The SMILES string of the molecule is CCC(C(=O)NC1CCNCC1)(c1ccccc1)c1ccccc1. The van der Waals surface area contributed by atoms with Crippen LogP contribution in [0.2, 0.25) is 0 Å². The average molecular weight is 322 g/mol. The third-order valence-electron chi connectivity index (χ3n) is 5.13. The smallest absolute Gasteiger partial charge is 0.235 e. The predicted molar refractivity (Wildman–Crippen MR) is 98.0 cm³/mol. The van der Waals surface area contributed by atoms with Gasteiger partial charge in [0.1, 0.15) is 0 Å². The molecule has 2 aromatic rings. The van der Waals surface area contributed by atoms with Crippen LogP contribution in [-0.2, 0) is 10.2 Å². The lowest BCUT2D eigenvalue weighted by atomic mass is 9.71. The second-order valence-corrected chi connectivity index (χ2v) is 6.49. The van der Waals surface area contributed by atoms with Crippen molar-refractivity contribution in [2.75, 3.05) is 13.1 Å². The van der Waals surface area contributed by atoms with Gasteiger partial charge in [-0.2, -0.15) is 0 Å². The molecule has 2 aromatic carbocycles. The molecule has 0 aliphatic carbocycles. The highest BCUT2D eigenvalue weighted by Gasteiger charge is 2.41. The zero-order valence-electron chi connectivity index (χ0n) is 14.3. The van der Waals surface area contributed by atoms with E-state index in [4.69, 9.17) is 0 Å². The van der Waals surface area contributed by atoms with Gasteiger partial charge in [-0.15, -0.1) is 0 Å². The van der Waals surface area contributed by atoms with E-state index >= 15 is 0 Å². The Labute approximate surface area is 144 Å². The maximum Gasteiger partial charge on any atom is 0.235 e. The van der Waals surface area contributed by atoms with Crippen LogP contribution in [0.25, 0.3) is 0 Å². The summed E-state index contributed by atoms with van der Waals surface area (Å²) >= 11 is 0. The number of carbonyl (C=O) groups excluding carboxylic acids is 1. The number of hydrogen-bond donors (Lipinski definition) is 2. The van der Waals surface area contributed by atoms with Crippen molar-refractivity contribution >= 4 is 5.91 Å². The molecule has 3 rings (SSSR count). The summed E-state index contributed by atoms with van der Waals surface area (Å²) in [5.74, 6) is 0.120. The first-order chi connectivity index (χ1) is 11.8. The first-order valence-electron chi connectivity index (χ1n) is 8.90. The van der Waals surface area contributed by atoms with E-state index in [2.05, 4.69) is 41.8 Å². The molecular formula is C21H26N2O. The van der Waals surface area contributed by atoms with Crippen molar-refractivity contribution in [2.24, 2.45) is 0 Å². The zero-order chi connectivity index (χ0) is 16.8. The van der Waals surface area contributed by atoms with Crippen LogP contribution in [0, 0.1) is 0 Å². The monoisotopic (exact) mass is 322 g/mol. The highest BCUT2D eigenvalue weighted by molar-refractivity contribution is 5.92. The van der Waals surface area contributed by atoms with Gasteiger partial charge in [-0.1, -0.05) is 67.6 Å². The van der Waals surface area contributed by atoms with Crippen molar-refractivity contribution in [1.82, 2.24) is 10.6 Å². The fourth-order valence-corrected chi connectivity index (χ4v) is 3.72. The van der Waals surface area contributed by atoms with Gasteiger partial charge in [0.05, 0.1) is 5.41 Å². The normalized spacial score (nSPS) is 15.9. The number of hydrogen-bond acceptors (Lipinski definition) is 2. The summed E-state index contributed by atoms with van der Waals surface area (Å²) in [6.07, 6.45) is 2.72. The topological polar surface area (TPSA) is 41.1 Å². The van der Waals surface area contributed by atoms with Crippen molar-refractivity contribution in [3.8, 4) is 0 Å². The van der Waals surface area contributed by atoms with Gasteiger partial charge in [-0.25, -0.2) is 0 Å². The molecule has 0 spiro atoms. The van der Waals surface area contributed by atoms with Gasteiger partial charge in [0, 0.05) is 6.04 Å². The summed E-state index contributed by atoms with van der Waals surface area (Å²) in [5.41, 5.74) is 1.49. The van der Waals surface area contributed by atoms with Gasteiger partial charge >= 0.3 is 0 Å². The van der Waals surface area contributed by atoms with E-state index in [-0.39, 0.29) is 11.9 Å². The average Bonchev–Trinajstić information content (AvgIpc) is 2.65. The van der Waals surface area contributed by atoms with Crippen molar-refractivity contribution < 1.29 is 4.79 Å². The van der Waals surface area contributed by atoms with E-state index in [0.717, 1.165) is 43.5 Å². The number of benzene rings is 2. The lowest BCUT2D eigenvalue weighted by molar-refractivity contribution is -0.126. The van der Waals surface area contributed by atoms with Crippen LogP contribution in [0.5, 0.6) is 0 Å². The molecule has 0 atom stereocenters. The molecule has 1 amide bonds. The molecule has 0 bridgehead atoms. The van der Waals surface area contributed by atoms with Crippen LogP contribution in [0.4, 0.5) is 0 Å². The zero-order valence-corrected chi connectivity index (χ0v) is 14.3. The number of piperidine rings is 1. The molecule has 126 valence electrons. The van der Waals surface area contributed by atoms with Crippen LogP contribution in [0.1, 0.15) is 37.3 Å². The number of amides is 1. The highest BCUT2D eigenvalue weighted by atomic mass is 16.2. The second kappa shape index (κ2) is 7.63. The van der Waals surface area contributed by atoms with Gasteiger partial charge in [0.15, 0.2) is 0 Å². The number of rotatable bonds is 5. The lowest BCUT2D eigenvalue weighted by Crippen LogP contribution is -2.51. The van der Waals surface area contributed by atoms with Gasteiger partial charge < -0.3 is 10.6 Å². The highest BCUT2D eigenvalue weighted by Crippen LogP contribution is 2.36. The van der Waals surface area contributed by atoms with Crippen LogP contribution in [0.15, 0.2) is 60.7 Å². The summed E-state index contributed by atoms with van der Waals surface area (Å²) < 4.78 is 0. The van der Waals surface area contributed by atoms with Crippen molar-refractivity contribution in [3.05, 3.63) is 71.8 Å². The van der Waals surface area contributed by atoms with E-state index in [1.807, 2.05) is 36.4 Å². The van der Waals surface area contributed by atoms with Gasteiger partial charge in [0.2, 0.25) is 5.91 Å². The molecule has 1 heterocycles. The van der Waals surface area contributed by atoms with E-state index in [1.54, 1.807) is 0 Å². The van der Waals surface area contributed by atoms with Crippen molar-refractivity contribution in [1.29, 1.82) is 0 Å². The fourth-order valence-electron chi connectivity index (χ4n) is 3.72. The molecular weight excluding hydrogens is 296 g/mol. The molecule has 1 fully saturated rings. The molecule has 0 aromatic heterocycles. The molecule has 1 saturated heterocycles. The molecule has 1 aliphatic rings. The quantitative estimate of drug-likeness (QED) is 0.887. The first-order valence-corrected chi connectivity index (χ1v) is 8.90. The van der Waals surface area contributed by atoms with Gasteiger partial charge in [-0.05, 0) is 43.5 Å². The summed E-state index contributed by atoms with van der Waals surface area (Å²) in [7, 11) is 0. The third kappa shape index (κ3) is 3.22. The molecule has 3 heteroatoms. The molecule has 2 N–H and O–H groups in total. The number of nitrogens with one attached hydrogen (secondary N) is 2. The van der Waals surface area contributed by atoms with E-state index < -0.39 is 5.41 Å². The molecule has 1 aliphatic heterocycles. The van der Waals surface area contributed by atoms with Crippen molar-refractivity contribution in [3.63, 3.8) is 0 Å². The lowest BCUT2D eigenvalue weighted by Gasteiger charge is -2.35. The maximum absolute atomic E-state index is 13.4. The Morgan fingerprint density at radius 3 is 1.96 bits per heavy atom. The summed E-state index contributed by atoms with van der Waals surface area (Å²) in [6.45, 7) is 4.05. The minimum Gasteiger partial charge on any atom is -0.352 e. The minimum absolute atomic E-state index is 0.120. The first kappa shape index (κ1) is 16.7. The van der Waals surface area contributed by atoms with Gasteiger partial charge in [-0.3, -0.25) is 4.79 Å². The maximum atomic E-state index is 13.4. The molecule has 0 saturated carbocycles. The Morgan fingerprint density at radius 2 is 1.50 bits per heavy atom. The Hall–Kier alpha value is -2.13. The van der Waals surface area contributed by atoms with E-state index in [0.29, 0.717) is 0 Å². The largest absolute Gasteiger partial charge is 0.352 e. The Kier molecular flexibility index (Phi) is 5.31. The second-order valence-electron chi connectivity index (χ2n) is 6.49. The van der Waals surface area contributed by atoms with Crippen molar-refractivity contribution in [2.45, 2.75) is 37.6 Å². The third-order valence-corrected chi connectivity index (χ3v) is 5.13. The van der Waals surface area contributed by atoms with Crippen LogP contribution in [-0.4, -0.2) is 25.0 Å². The molecule has 0 unspecified atom stereocenters. The Balaban J connectivity index is 1.99. The van der Waals surface area contributed by atoms with Gasteiger partial charge in [0.25, 0.3) is 0 Å². The van der Waals surface area contributed by atoms with E-state index in [9.17, 15) is 4.79 Å². The predicted octanol–water partition coefficient (Wildman–Crippen LogP) is 3.25. The van der Waals surface area contributed by atoms with Crippen LogP contribution in [0.3, 0.4) is 0 Å². The molecule has 0 radical (unpaired) electrons. The Morgan fingerprint density at radius 1 is 1.00 bits per heavy atom. The Bertz CT molecular complexity index is 609. The summed E-state index contributed by atoms with van der Waals surface area (Å²) in [4.78, 5) is 13.4. The summed E-state index contributed by atoms with van der Waals surface area (Å²) in [5, 5.41) is 6.68. The minimum atomic E-state index is -0.632. The van der Waals surface area contributed by atoms with Crippen LogP contribution < -0.4 is 10.6 Å². The number of carbonyl (C=O) groups is 1. The van der Waals surface area contributed by atoms with E-state index in [1.165, 1.54) is 0 Å². The molecule has 3 nitrogen and oxygen atoms in total. The molecule has 24 heavy (non-hydrogen) atoms.